The second-order valence-electron chi connectivity index (χ2n) is 9.93. The first-order valence-electron chi connectivity index (χ1n) is 13.4. The van der Waals surface area contributed by atoms with E-state index in [0.717, 1.165) is 18.5 Å². The van der Waals surface area contributed by atoms with Crippen molar-refractivity contribution in [1.29, 1.82) is 0 Å². The summed E-state index contributed by atoms with van der Waals surface area (Å²) in [7, 11) is 0. The smallest absolute Gasteiger partial charge is 0.433 e. The number of ether oxygens (including phenoxy) is 1. The molecule has 0 amide bonds. The molecule has 0 fully saturated rings. The fraction of sp³-hybridized carbons (Fsp3) is 0.179. The van der Waals surface area contributed by atoms with Crippen LogP contribution < -0.4 is 4.73 Å². The molecule has 0 aliphatic carbocycles. The molecule has 0 radical (unpaired) electrons. The van der Waals surface area contributed by atoms with Gasteiger partial charge in [0.2, 0.25) is 5.69 Å². The van der Waals surface area contributed by atoms with Gasteiger partial charge in [-0.15, -0.1) is 5.10 Å². The second-order valence-corrected chi connectivity index (χ2v) is 10.3. The maximum atomic E-state index is 15.4. The number of alkyl halides is 5. The van der Waals surface area contributed by atoms with Crippen molar-refractivity contribution in [2.75, 3.05) is 0 Å². The first-order valence-corrected chi connectivity index (χ1v) is 13.8. The van der Waals surface area contributed by atoms with Gasteiger partial charge in [0.15, 0.2) is 18.1 Å². The molecule has 0 bridgehead atoms. The van der Waals surface area contributed by atoms with Crippen LogP contribution in [0.1, 0.15) is 23.1 Å². The lowest BCUT2D eigenvalue weighted by Gasteiger charge is -2.18. The van der Waals surface area contributed by atoms with E-state index >= 15 is 4.39 Å². The standard InChI is InChI=1S/C28H19ClF6N10O2/c29-20-2-4-22(44-15-37-40-41-44)25(26(20)30)17-1-3-21(45(46)12-17)23(13-42-8-6-19(39-42)14-47-27(31)32)43-11-18(10-38-43)16-5-7-36-24(9-16)28(33,34)35/h1-12,15,23,27H,13-14H2/t23-/m1/s1. The Morgan fingerprint density at radius 3 is 2.60 bits per heavy atom. The molecule has 0 unspecified atom stereocenters. The summed E-state index contributed by atoms with van der Waals surface area (Å²) >= 11 is 6.06. The number of pyridine rings is 2. The third kappa shape index (κ3) is 6.77. The fourth-order valence-corrected chi connectivity index (χ4v) is 4.98. The molecule has 1 atom stereocenters. The number of rotatable bonds is 10. The Hall–Kier alpha value is -5.36. The van der Waals surface area contributed by atoms with Gasteiger partial charge in [-0.05, 0) is 52.4 Å². The van der Waals surface area contributed by atoms with Crippen LogP contribution in [0.25, 0.3) is 27.9 Å². The summed E-state index contributed by atoms with van der Waals surface area (Å²) in [6.45, 7) is -3.57. The van der Waals surface area contributed by atoms with Crippen molar-refractivity contribution in [2.24, 2.45) is 0 Å². The van der Waals surface area contributed by atoms with Gasteiger partial charge in [-0.1, -0.05) is 11.6 Å². The van der Waals surface area contributed by atoms with E-state index < -0.39 is 36.9 Å². The van der Waals surface area contributed by atoms with Gasteiger partial charge in [-0.25, -0.2) is 4.39 Å². The molecule has 0 saturated heterocycles. The number of nitrogens with zero attached hydrogens (tertiary/aromatic N) is 10. The lowest BCUT2D eigenvalue weighted by Crippen LogP contribution is -2.37. The first kappa shape index (κ1) is 31.6. The number of benzene rings is 1. The molecule has 242 valence electrons. The lowest BCUT2D eigenvalue weighted by atomic mass is 10.0. The van der Waals surface area contributed by atoms with Crippen LogP contribution in [0.3, 0.4) is 0 Å². The van der Waals surface area contributed by atoms with Crippen molar-refractivity contribution in [1.82, 2.24) is 44.8 Å². The topological polar surface area (TPSA) is 128 Å². The van der Waals surface area contributed by atoms with Crippen molar-refractivity contribution in [3.05, 3.63) is 113 Å². The number of hydrogen-bond donors (Lipinski definition) is 0. The molecule has 6 rings (SSSR count). The van der Waals surface area contributed by atoms with Crippen LogP contribution in [0.2, 0.25) is 5.02 Å². The van der Waals surface area contributed by atoms with Gasteiger partial charge in [0.1, 0.15) is 12.0 Å². The van der Waals surface area contributed by atoms with Gasteiger partial charge in [-0.3, -0.25) is 14.3 Å². The first-order chi connectivity index (χ1) is 22.5. The number of halogens is 7. The second kappa shape index (κ2) is 12.8. The van der Waals surface area contributed by atoms with Crippen LogP contribution in [0, 0.1) is 11.0 Å². The van der Waals surface area contributed by atoms with Crippen molar-refractivity contribution in [2.45, 2.75) is 32.0 Å². The third-order valence-corrected chi connectivity index (χ3v) is 7.25. The Morgan fingerprint density at radius 2 is 1.87 bits per heavy atom. The molecule has 12 nitrogen and oxygen atoms in total. The molecular weight excluding hydrogens is 658 g/mol. The predicted octanol–water partition coefficient (Wildman–Crippen LogP) is 5.26. The molecule has 47 heavy (non-hydrogen) atoms. The van der Waals surface area contributed by atoms with E-state index in [1.807, 2.05) is 0 Å². The Bertz CT molecular complexity index is 2020. The average molecular weight is 677 g/mol. The van der Waals surface area contributed by atoms with Gasteiger partial charge < -0.3 is 9.94 Å². The summed E-state index contributed by atoms with van der Waals surface area (Å²) in [5.41, 5.74) is -0.139. The highest BCUT2D eigenvalue weighted by Gasteiger charge is 2.33. The molecule has 0 spiro atoms. The molecule has 1 aromatic carbocycles. The van der Waals surface area contributed by atoms with Crippen LogP contribution in [0.4, 0.5) is 26.3 Å². The Morgan fingerprint density at radius 1 is 1.04 bits per heavy atom. The minimum Gasteiger partial charge on any atom is -0.618 e. The summed E-state index contributed by atoms with van der Waals surface area (Å²) < 4.78 is 89.1. The van der Waals surface area contributed by atoms with E-state index in [-0.39, 0.29) is 50.9 Å². The van der Waals surface area contributed by atoms with Crippen molar-refractivity contribution < 1.29 is 35.8 Å². The van der Waals surface area contributed by atoms with E-state index in [1.54, 1.807) is 0 Å². The van der Waals surface area contributed by atoms with E-state index in [0.29, 0.717) is 4.73 Å². The van der Waals surface area contributed by atoms with Gasteiger partial charge in [0, 0.05) is 30.2 Å². The molecule has 0 saturated carbocycles. The van der Waals surface area contributed by atoms with E-state index in [9.17, 15) is 27.2 Å². The Kier molecular flexibility index (Phi) is 8.61. The molecule has 0 aliphatic rings. The normalized spacial score (nSPS) is 12.6. The van der Waals surface area contributed by atoms with Crippen molar-refractivity contribution in [3.8, 4) is 27.9 Å². The van der Waals surface area contributed by atoms with Crippen LogP contribution >= 0.6 is 11.6 Å². The highest BCUT2D eigenvalue weighted by Crippen LogP contribution is 2.34. The van der Waals surface area contributed by atoms with Crippen LogP contribution in [-0.2, 0) is 24.1 Å². The summed E-state index contributed by atoms with van der Waals surface area (Å²) in [6.07, 6.45) is 2.91. The van der Waals surface area contributed by atoms with E-state index in [2.05, 4.69) is 35.4 Å². The summed E-state index contributed by atoms with van der Waals surface area (Å²) in [5.74, 6) is -0.827. The molecule has 19 heteroatoms. The lowest BCUT2D eigenvalue weighted by molar-refractivity contribution is -0.615. The SMILES string of the molecule is [O-][n+]1cc(-c2c(-n3cnnn3)ccc(Cl)c2F)ccc1[C@@H](Cn1ccc(COC(F)F)n1)n1cc(-c2ccnc(C(F)(F)F)c2)cn1. The Labute approximate surface area is 265 Å². The molecule has 0 aliphatic heterocycles. The molecule has 6 aromatic rings. The highest BCUT2D eigenvalue weighted by molar-refractivity contribution is 6.31. The predicted molar refractivity (Wildman–Crippen MR) is 150 cm³/mol. The molecule has 5 heterocycles. The maximum absolute atomic E-state index is 15.4. The monoisotopic (exact) mass is 676 g/mol. The minimum absolute atomic E-state index is 0.0622. The number of hydrogen-bond acceptors (Lipinski definition) is 8. The molecule has 0 N–H and O–H groups in total. The number of aromatic nitrogens is 10. The summed E-state index contributed by atoms with van der Waals surface area (Å²) in [4.78, 5) is 3.38. The quantitative estimate of drug-likeness (QED) is 0.109. The zero-order valence-corrected chi connectivity index (χ0v) is 24.3. The van der Waals surface area contributed by atoms with E-state index in [4.69, 9.17) is 11.6 Å². The third-order valence-electron chi connectivity index (χ3n) is 6.96. The summed E-state index contributed by atoms with van der Waals surface area (Å²) in [5, 5.41) is 32.9. The van der Waals surface area contributed by atoms with Crippen LogP contribution in [0.15, 0.2) is 79.8 Å². The van der Waals surface area contributed by atoms with Gasteiger partial charge >= 0.3 is 12.8 Å². The highest BCUT2D eigenvalue weighted by atomic mass is 35.5. The fourth-order valence-electron chi connectivity index (χ4n) is 4.82. The minimum atomic E-state index is -4.68. The van der Waals surface area contributed by atoms with Gasteiger partial charge in [0.05, 0.1) is 46.9 Å². The molecule has 5 aromatic heterocycles. The van der Waals surface area contributed by atoms with Gasteiger partial charge in [-0.2, -0.15) is 41.6 Å². The zero-order valence-electron chi connectivity index (χ0n) is 23.5. The maximum Gasteiger partial charge on any atom is 0.433 e. The number of tetrazole rings is 1. The van der Waals surface area contributed by atoms with Crippen LogP contribution in [-0.4, -0.2) is 51.4 Å². The van der Waals surface area contributed by atoms with Crippen molar-refractivity contribution in [3.63, 3.8) is 0 Å². The summed E-state index contributed by atoms with van der Waals surface area (Å²) in [6, 6.07) is 8.40. The molecular formula is C28H19ClF6N10O2. The van der Waals surface area contributed by atoms with E-state index in [1.165, 1.54) is 75.4 Å². The largest absolute Gasteiger partial charge is 0.618 e. The van der Waals surface area contributed by atoms with Crippen molar-refractivity contribution >= 4 is 11.6 Å². The average Bonchev–Trinajstić information content (AvgIpc) is 3.83. The van der Waals surface area contributed by atoms with Crippen LogP contribution in [0.5, 0.6) is 0 Å². The Balaban J connectivity index is 1.40. The zero-order chi connectivity index (χ0) is 33.3. The van der Waals surface area contributed by atoms with Gasteiger partial charge in [0.25, 0.3) is 0 Å².